The number of amides is 1. The molecule has 0 bridgehead atoms. The van der Waals surface area contributed by atoms with Crippen LogP contribution in [0.15, 0.2) is 22.1 Å². The van der Waals surface area contributed by atoms with Crippen LogP contribution in [0.2, 0.25) is 0 Å². The van der Waals surface area contributed by atoms with Crippen LogP contribution in [0.1, 0.15) is 118 Å². The molecule has 13 heteroatoms. The molecule has 272 valence electrons. The first-order valence-electron chi connectivity index (χ1n) is 16.4. The van der Waals surface area contributed by atoms with E-state index in [0.717, 1.165) is 43.6 Å². The number of hydrogen-bond donors (Lipinski definition) is 3. The molecule has 2 atom stereocenters. The van der Waals surface area contributed by atoms with Gasteiger partial charge in [-0.15, -0.1) is 0 Å². The fraction of sp³-hybridized carbons (Fsp3) is 0.735. The first-order valence-corrected chi connectivity index (χ1v) is 16.4. The minimum absolute atomic E-state index is 0.0312. The number of carbonyl (C=O) groups excluding carboxylic acids is 3. The van der Waals surface area contributed by atoms with Crippen molar-refractivity contribution < 1.29 is 37.7 Å². The molecule has 0 saturated heterocycles. The van der Waals surface area contributed by atoms with E-state index in [1.807, 2.05) is 19.9 Å². The lowest BCUT2D eigenvalue weighted by Crippen LogP contribution is -2.34. The van der Waals surface area contributed by atoms with Gasteiger partial charge in [-0.1, -0.05) is 47.5 Å². The quantitative estimate of drug-likeness (QED) is 0.0895. The van der Waals surface area contributed by atoms with E-state index in [2.05, 4.69) is 47.4 Å². The third kappa shape index (κ3) is 21.4. The molecule has 0 aliphatic heterocycles. The average molecular weight is 672 g/mol. The van der Waals surface area contributed by atoms with Gasteiger partial charge in [0.2, 0.25) is 0 Å². The largest absolute Gasteiger partial charge is 0.468 e. The van der Waals surface area contributed by atoms with Crippen molar-refractivity contribution in [3.05, 3.63) is 23.5 Å². The van der Waals surface area contributed by atoms with Crippen molar-refractivity contribution >= 4 is 30.0 Å². The van der Waals surface area contributed by atoms with Crippen LogP contribution in [0.25, 0.3) is 0 Å². The van der Waals surface area contributed by atoms with Crippen LogP contribution < -0.4 is 11.5 Å². The number of methoxy groups -OCH3 is 1. The Bertz CT molecular complexity index is 1050. The normalized spacial score (nSPS) is 14.4. The van der Waals surface area contributed by atoms with Crippen molar-refractivity contribution in [3.8, 4) is 0 Å². The van der Waals surface area contributed by atoms with Gasteiger partial charge in [0.05, 0.1) is 45.1 Å². The number of alkyl halides is 1. The summed E-state index contributed by atoms with van der Waals surface area (Å²) in [7, 11) is 1.80. The molecule has 1 aromatic heterocycles. The van der Waals surface area contributed by atoms with Gasteiger partial charge < -0.3 is 35.4 Å². The molecule has 0 radical (unpaired) electrons. The zero-order chi connectivity index (χ0) is 36.4. The first kappa shape index (κ1) is 46.0. The number of H-pyrrole nitrogens is 1. The van der Waals surface area contributed by atoms with Gasteiger partial charge in [0.1, 0.15) is 12.2 Å². The van der Waals surface area contributed by atoms with E-state index < -0.39 is 11.5 Å². The maximum absolute atomic E-state index is 12.8. The number of nitrogens with two attached hydrogens (primary N) is 2. The van der Waals surface area contributed by atoms with Crippen LogP contribution in [0, 0.1) is 11.8 Å². The molecule has 1 aliphatic rings. The Kier molecular flexibility index (Phi) is 26.3. The van der Waals surface area contributed by atoms with Gasteiger partial charge in [-0.25, -0.2) is 4.99 Å². The minimum Gasteiger partial charge on any atom is -0.468 e. The highest BCUT2D eigenvalue weighted by Gasteiger charge is 2.29. The topological polar surface area (TPSA) is 181 Å². The molecule has 1 fully saturated rings. The molecule has 1 amide bonds. The number of aromatic amines is 1. The lowest BCUT2D eigenvalue weighted by Gasteiger charge is -2.25. The molecule has 1 aliphatic carbocycles. The number of aromatic nitrogens is 1. The van der Waals surface area contributed by atoms with Gasteiger partial charge in [0.25, 0.3) is 5.91 Å². The van der Waals surface area contributed by atoms with E-state index in [4.69, 9.17) is 25.7 Å². The monoisotopic (exact) mass is 671 g/mol. The van der Waals surface area contributed by atoms with Crippen LogP contribution in [0.3, 0.4) is 0 Å². The minimum atomic E-state index is -1.07. The third-order valence-corrected chi connectivity index (χ3v) is 6.62. The summed E-state index contributed by atoms with van der Waals surface area (Å²) in [5.74, 6) is 0.505. The van der Waals surface area contributed by atoms with E-state index in [1.54, 1.807) is 19.9 Å². The maximum Gasteiger partial charge on any atom is 0.319 e. The van der Waals surface area contributed by atoms with Crippen LogP contribution in [-0.2, 0) is 33.3 Å². The molecule has 2 unspecified atom stereocenters. The van der Waals surface area contributed by atoms with Crippen LogP contribution in [0.5, 0.6) is 0 Å². The van der Waals surface area contributed by atoms with Crippen LogP contribution in [-0.4, -0.2) is 80.8 Å². The summed E-state index contributed by atoms with van der Waals surface area (Å²) < 4.78 is 30.9. The van der Waals surface area contributed by atoms with E-state index in [1.165, 1.54) is 13.5 Å². The van der Waals surface area contributed by atoms with E-state index in [-0.39, 0.29) is 43.1 Å². The predicted octanol–water partition coefficient (Wildman–Crippen LogP) is 5.83. The summed E-state index contributed by atoms with van der Waals surface area (Å²) in [5.41, 5.74) is 10.6. The van der Waals surface area contributed by atoms with Crippen molar-refractivity contribution in [2.45, 2.75) is 118 Å². The lowest BCUT2D eigenvalue weighted by atomic mass is 9.83. The number of aliphatic imine (C=N–C) groups is 2. The molecule has 2 rings (SSSR count). The Balaban J connectivity index is 0. The molecule has 1 heterocycles. The zero-order valence-corrected chi connectivity index (χ0v) is 30.4. The smallest absolute Gasteiger partial charge is 0.319 e. The number of ether oxygens (including phenoxy) is 4. The van der Waals surface area contributed by atoms with Gasteiger partial charge in [-0.3, -0.25) is 18.8 Å². The second-order valence-electron chi connectivity index (χ2n) is 12.1. The average Bonchev–Trinajstić information content (AvgIpc) is 3.52. The van der Waals surface area contributed by atoms with E-state index >= 15 is 0 Å². The first-order chi connectivity index (χ1) is 22.2. The number of rotatable bonds is 15. The SMILES string of the molecule is CC(C)C.CCCCOC(C)(C)C(=O)N=C(N=CN)c1ccc(C(C)OC(CC)COC(=O)CC2CCC2)[nH]1.CF.COC(=O)CN. The predicted molar refractivity (Wildman–Crippen MR) is 185 cm³/mol. The Morgan fingerprint density at radius 1 is 1.11 bits per heavy atom. The maximum atomic E-state index is 12.8. The number of nitrogens with zero attached hydrogens (tertiary/aromatic N) is 2. The summed E-state index contributed by atoms with van der Waals surface area (Å²) in [6.07, 6.45) is 7.06. The third-order valence-electron chi connectivity index (χ3n) is 6.62. The van der Waals surface area contributed by atoms with E-state index in [0.29, 0.717) is 38.2 Å². The van der Waals surface area contributed by atoms with Crippen LogP contribution in [0.4, 0.5) is 4.39 Å². The number of nitrogens with one attached hydrogen (secondary N) is 1. The molecule has 1 aromatic rings. The summed E-state index contributed by atoms with van der Waals surface area (Å²) >= 11 is 0. The van der Waals surface area contributed by atoms with Crippen molar-refractivity contribution in [2.24, 2.45) is 33.3 Å². The van der Waals surface area contributed by atoms with Gasteiger partial charge in [0.15, 0.2) is 5.84 Å². The molecule has 1 saturated carbocycles. The second kappa shape index (κ2) is 26.9. The number of amidine groups is 1. The fourth-order valence-electron chi connectivity index (χ4n) is 3.65. The Hall–Kier alpha value is -3.16. The van der Waals surface area contributed by atoms with Gasteiger partial charge in [-0.2, -0.15) is 4.99 Å². The Morgan fingerprint density at radius 3 is 2.17 bits per heavy atom. The number of carbonyl (C=O) groups is 3. The molecular formula is C34H62FN5O7. The van der Waals surface area contributed by atoms with Gasteiger partial charge in [0, 0.05) is 18.7 Å². The summed E-state index contributed by atoms with van der Waals surface area (Å²) in [5, 5.41) is 0. The molecule has 0 aromatic carbocycles. The Morgan fingerprint density at radius 2 is 1.72 bits per heavy atom. The van der Waals surface area contributed by atoms with Crippen LogP contribution >= 0.6 is 0 Å². The van der Waals surface area contributed by atoms with E-state index in [9.17, 15) is 18.8 Å². The lowest BCUT2D eigenvalue weighted by molar-refractivity contribution is -0.151. The second-order valence-corrected chi connectivity index (χ2v) is 12.1. The number of halogens is 1. The Labute approximate surface area is 281 Å². The van der Waals surface area contributed by atoms with Crippen molar-refractivity contribution in [2.75, 3.05) is 34.0 Å². The zero-order valence-electron chi connectivity index (χ0n) is 30.4. The summed E-state index contributed by atoms with van der Waals surface area (Å²) in [6.45, 7) is 16.5. The van der Waals surface area contributed by atoms with Gasteiger partial charge >= 0.3 is 11.9 Å². The van der Waals surface area contributed by atoms with Crippen molar-refractivity contribution in [3.63, 3.8) is 0 Å². The highest BCUT2D eigenvalue weighted by molar-refractivity contribution is 6.08. The standard InChI is InChI=1S/C26H42N4O5.C4H10.C3H7NO2.CH3F/c1-6-8-14-34-26(4,5)25(32)30-24(28-17-27)22-13-12-21(29-22)18(3)35-20(7-2)16-33-23(31)15-19-10-9-11-19;1-4(2)3;1-6-3(5)2-4;1-2/h12-13,17-20,29H,6-11,14-16H2,1-5H3,(H2,27,28,30,32);4H,1-3H3;2,4H2,1H3;1H3. The fourth-order valence-corrected chi connectivity index (χ4v) is 3.65. The molecule has 5 N–H and O–H groups in total. The summed E-state index contributed by atoms with van der Waals surface area (Å²) in [6, 6.07) is 3.63. The molecule has 47 heavy (non-hydrogen) atoms. The number of unbranched alkanes of at least 4 members (excludes halogenated alkanes) is 1. The van der Waals surface area contributed by atoms with Crippen molar-refractivity contribution in [1.29, 1.82) is 0 Å². The highest BCUT2D eigenvalue weighted by Crippen LogP contribution is 2.29. The number of hydrogen-bond acceptors (Lipinski definition) is 8. The number of esters is 2. The molecular weight excluding hydrogens is 609 g/mol. The van der Waals surface area contributed by atoms with Gasteiger partial charge in [-0.05, 0) is 70.4 Å². The molecule has 0 spiro atoms. The highest BCUT2D eigenvalue weighted by atomic mass is 19.1. The van der Waals surface area contributed by atoms with Crippen molar-refractivity contribution in [1.82, 2.24) is 4.98 Å². The summed E-state index contributed by atoms with van der Waals surface area (Å²) in [4.78, 5) is 46.1. The molecule has 12 nitrogen and oxygen atoms in total.